The standard InChI is InChI=1S/C20H17FN4O/c21-14-7-5-13(6-8-14)16-12-23-25-18-9-10-24(15-3-1-2-4-15)20(26)17(18)11-22-19(16)25/h5-12,15H,1-4H2. The van der Waals surface area contributed by atoms with E-state index >= 15 is 0 Å². The summed E-state index contributed by atoms with van der Waals surface area (Å²) in [6.45, 7) is 0. The van der Waals surface area contributed by atoms with Gasteiger partial charge in [0.15, 0.2) is 5.65 Å². The molecule has 0 bridgehead atoms. The Morgan fingerprint density at radius 3 is 2.58 bits per heavy atom. The van der Waals surface area contributed by atoms with Gasteiger partial charge in [-0.15, -0.1) is 0 Å². The minimum Gasteiger partial charge on any atom is -0.312 e. The molecule has 6 heteroatoms. The van der Waals surface area contributed by atoms with Gasteiger partial charge in [0, 0.05) is 24.0 Å². The minimum atomic E-state index is -0.281. The van der Waals surface area contributed by atoms with E-state index in [2.05, 4.69) is 10.1 Å². The molecular formula is C20H17FN4O. The lowest BCUT2D eigenvalue weighted by atomic mass is 10.1. The summed E-state index contributed by atoms with van der Waals surface area (Å²) >= 11 is 0. The number of halogens is 1. The van der Waals surface area contributed by atoms with Crippen molar-refractivity contribution in [2.45, 2.75) is 31.7 Å². The van der Waals surface area contributed by atoms with Crippen LogP contribution >= 0.6 is 0 Å². The molecule has 5 nitrogen and oxygen atoms in total. The first-order chi connectivity index (χ1) is 12.7. The molecule has 3 aromatic heterocycles. The molecule has 1 aromatic carbocycles. The number of benzene rings is 1. The first-order valence-electron chi connectivity index (χ1n) is 8.86. The van der Waals surface area contributed by atoms with Crippen molar-refractivity contribution in [3.8, 4) is 11.1 Å². The van der Waals surface area contributed by atoms with Crippen LogP contribution in [0.2, 0.25) is 0 Å². The van der Waals surface area contributed by atoms with Crippen LogP contribution in [0.25, 0.3) is 27.7 Å². The van der Waals surface area contributed by atoms with Gasteiger partial charge < -0.3 is 4.57 Å². The summed E-state index contributed by atoms with van der Waals surface area (Å²) in [6.07, 6.45) is 9.67. The lowest BCUT2D eigenvalue weighted by Gasteiger charge is -2.14. The van der Waals surface area contributed by atoms with Crippen LogP contribution in [0.5, 0.6) is 0 Å². The Bertz CT molecular complexity index is 1170. The Labute approximate surface area is 148 Å². The smallest absolute Gasteiger partial charge is 0.261 e. The van der Waals surface area contributed by atoms with Crippen LogP contribution in [0.4, 0.5) is 4.39 Å². The topological polar surface area (TPSA) is 52.2 Å². The third-order valence-corrected chi connectivity index (χ3v) is 5.30. The second-order valence-corrected chi connectivity index (χ2v) is 6.82. The van der Waals surface area contributed by atoms with Gasteiger partial charge in [0.05, 0.1) is 17.1 Å². The molecule has 1 fully saturated rings. The van der Waals surface area contributed by atoms with Crippen molar-refractivity contribution in [2.24, 2.45) is 0 Å². The fourth-order valence-electron chi connectivity index (χ4n) is 3.93. The van der Waals surface area contributed by atoms with E-state index < -0.39 is 0 Å². The summed E-state index contributed by atoms with van der Waals surface area (Å²) in [4.78, 5) is 17.4. The summed E-state index contributed by atoms with van der Waals surface area (Å²) in [7, 11) is 0. The van der Waals surface area contributed by atoms with Crippen molar-refractivity contribution in [3.05, 3.63) is 65.1 Å². The van der Waals surface area contributed by atoms with E-state index in [9.17, 15) is 9.18 Å². The molecule has 3 heterocycles. The zero-order chi connectivity index (χ0) is 17.7. The highest BCUT2D eigenvalue weighted by atomic mass is 19.1. The van der Waals surface area contributed by atoms with Gasteiger partial charge in [-0.2, -0.15) is 5.10 Å². The maximum absolute atomic E-state index is 13.2. The zero-order valence-corrected chi connectivity index (χ0v) is 14.1. The van der Waals surface area contributed by atoms with Gasteiger partial charge in [-0.25, -0.2) is 13.9 Å². The molecule has 1 aliphatic carbocycles. The van der Waals surface area contributed by atoms with E-state index in [1.807, 2.05) is 16.8 Å². The van der Waals surface area contributed by atoms with Crippen molar-refractivity contribution in [2.75, 3.05) is 0 Å². The summed E-state index contributed by atoms with van der Waals surface area (Å²) in [6, 6.07) is 8.47. The third-order valence-electron chi connectivity index (χ3n) is 5.30. The Morgan fingerprint density at radius 1 is 1.04 bits per heavy atom. The average Bonchev–Trinajstić information content (AvgIpc) is 3.32. The van der Waals surface area contributed by atoms with Gasteiger partial charge >= 0.3 is 0 Å². The highest BCUT2D eigenvalue weighted by Crippen LogP contribution is 2.29. The summed E-state index contributed by atoms with van der Waals surface area (Å²) in [5, 5.41) is 5.00. The van der Waals surface area contributed by atoms with Crippen LogP contribution in [0.1, 0.15) is 31.7 Å². The first-order valence-corrected chi connectivity index (χ1v) is 8.86. The Morgan fingerprint density at radius 2 is 1.81 bits per heavy atom. The van der Waals surface area contributed by atoms with Crippen LogP contribution in [0, 0.1) is 5.82 Å². The molecule has 0 radical (unpaired) electrons. The second-order valence-electron chi connectivity index (χ2n) is 6.82. The van der Waals surface area contributed by atoms with Crippen LogP contribution in [-0.2, 0) is 0 Å². The molecule has 1 aliphatic rings. The normalized spacial score (nSPS) is 15.3. The van der Waals surface area contributed by atoms with Crippen molar-refractivity contribution in [1.29, 1.82) is 0 Å². The lowest BCUT2D eigenvalue weighted by molar-refractivity contribution is 0.505. The van der Waals surface area contributed by atoms with Crippen LogP contribution in [0.15, 0.2) is 53.7 Å². The fraction of sp³-hybridized carbons (Fsp3) is 0.250. The van der Waals surface area contributed by atoms with Gasteiger partial charge in [0.1, 0.15) is 5.82 Å². The van der Waals surface area contributed by atoms with E-state index in [0.717, 1.165) is 29.5 Å². The Hall–Kier alpha value is -3.02. The molecule has 0 N–H and O–H groups in total. The largest absolute Gasteiger partial charge is 0.312 e. The predicted molar refractivity (Wildman–Crippen MR) is 97.7 cm³/mol. The zero-order valence-electron chi connectivity index (χ0n) is 14.1. The number of nitrogens with zero attached hydrogens (tertiary/aromatic N) is 4. The number of hydrogen-bond donors (Lipinski definition) is 0. The van der Waals surface area contributed by atoms with Crippen LogP contribution in [-0.4, -0.2) is 19.2 Å². The number of hydrogen-bond acceptors (Lipinski definition) is 3. The van der Waals surface area contributed by atoms with E-state index in [0.29, 0.717) is 11.0 Å². The number of aromatic nitrogens is 4. The highest BCUT2D eigenvalue weighted by Gasteiger charge is 2.20. The summed E-state index contributed by atoms with van der Waals surface area (Å²) < 4.78 is 16.7. The van der Waals surface area contributed by atoms with E-state index in [4.69, 9.17) is 0 Å². The van der Waals surface area contributed by atoms with Gasteiger partial charge in [-0.1, -0.05) is 25.0 Å². The molecule has 0 unspecified atom stereocenters. The third kappa shape index (κ3) is 2.25. The molecule has 0 saturated heterocycles. The quantitative estimate of drug-likeness (QED) is 0.551. The van der Waals surface area contributed by atoms with E-state index in [1.165, 1.54) is 25.0 Å². The maximum atomic E-state index is 13.2. The number of rotatable bonds is 2. The van der Waals surface area contributed by atoms with Crippen molar-refractivity contribution >= 4 is 16.6 Å². The van der Waals surface area contributed by atoms with Crippen LogP contribution < -0.4 is 5.56 Å². The Balaban J connectivity index is 1.70. The van der Waals surface area contributed by atoms with Crippen LogP contribution in [0.3, 0.4) is 0 Å². The molecule has 0 amide bonds. The average molecular weight is 348 g/mol. The van der Waals surface area contributed by atoms with Gasteiger partial charge in [0.2, 0.25) is 0 Å². The fourth-order valence-corrected chi connectivity index (χ4v) is 3.93. The Kier molecular flexibility index (Phi) is 3.38. The predicted octanol–water partition coefficient (Wildman–Crippen LogP) is 3.97. The van der Waals surface area contributed by atoms with E-state index in [1.54, 1.807) is 29.0 Å². The number of pyridine rings is 1. The summed E-state index contributed by atoms with van der Waals surface area (Å²) in [5.74, 6) is -0.281. The molecule has 0 aliphatic heterocycles. The van der Waals surface area contributed by atoms with Crippen molar-refractivity contribution in [3.63, 3.8) is 0 Å². The van der Waals surface area contributed by atoms with Crippen molar-refractivity contribution < 1.29 is 4.39 Å². The molecule has 5 rings (SSSR count). The molecule has 0 atom stereocenters. The monoisotopic (exact) mass is 348 g/mol. The molecule has 4 aromatic rings. The minimum absolute atomic E-state index is 0.0115. The SMILES string of the molecule is O=c1c2cnc3c(-c4ccc(F)cc4)cnn3c2ccn1C1CCCC1. The van der Waals surface area contributed by atoms with Gasteiger partial charge in [0.25, 0.3) is 5.56 Å². The molecular weight excluding hydrogens is 331 g/mol. The molecule has 1 saturated carbocycles. The number of fused-ring (bicyclic) bond motifs is 3. The first kappa shape index (κ1) is 15.3. The van der Waals surface area contributed by atoms with E-state index in [-0.39, 0.29) is 17.4 Å². The van der Waals surface area contributed by atoms with Gasteiger partial charge in [-0.3, -0.25) is 4.79 Å². The van der Waals surface area contributed by atoms with Crippen molar-refractivity contribution in [1.82, 2.24) is 19.2 Å². The molecule has 130 valence electrons. The second kappa shape index (κ2) is 5.76. The molecule has 26 heavy (non-hydrogen) atoms. The molecule has 0 spiro atoms. The maximum Gasteiger partial charge on any atom is 0.261 e. The highest BCUT2D eigenvalue weighted by molar-refractivity contribution is 5.85. The summed E-state index contributed by atoms with van der Waals surface area (Å²) in [5.41, 5.74) is 3.03. The lowest BCUT2D eigenvalue weighted by Crippen LogP contribution is -2.23. The van der Waals surface area contributed by atoms with Gasteiger partial charge in [-0.05, 0) is 36.6 Å².